The molecule has 1 aliphatic heterocycles. The Morgan fingerprint density at radius 1 is 1.38 bits per heavy atom. The Hall–Kier alpha value is -2.83. The maximum Gasteiger partial charge on any atom is 0.252 e. The third-order valence-electron chi connectivity index (χ3n) is 4.10. The molecule has 6 nitrogen and oxygen atoms in total. The highest BCUT2D eigenvalue weighted by atomic mass is 19.1. The van der Waals surface area contributed by atoms with E-state index in [1.807, 2.05) is 12.1 Å². The van der Waals surface area contributed by atoms with Crippen molar-refractivity contribution in [1.82, 2.24) is 15.2 Å². The number of carbonyl (C=O) groups is 2. The van der Waals surface area contributed by atoms with Gasteiger partial charge in [-0.3, -0.25) is 14.6 Å². The first kappa shape index (κ1) is 16.0. The monoisotopic (exact) mass is 328 g/mol. The molecule has 24 heavy (non-hydrogen) atoms. The van der Waals surface area contributed by atoms with E-state index in [-0.39, 0.29) is 25.4 Å². The molecule has 0 bridgehead atoms. The summed E-state index contributed by atoms with van der Waals surface area (Å²) in [5.41, 5.74) is 1.13. The molecule has 0 spiro atoms. The molecule has 7 heteroatoms. The zero-order valence-electron chi connectivity index (χ0n) is 12.9. The van der Waals surface area contributed by atoms with Crippen LogP contribution in [0.25, 0.3) is 10.9 Å². The van der Waals surface area contributed by atoms with Gasteiger partial charge in [0.15, 0.2) is 0 Å². The third-order valence-corrected chi connectivity index (χ3v) is 4.10. The van der Waals surface area contributed by atoms with Crippen LogP contribution in [-0.4, -0.2) is 53.2 Å². The van der Waals surface area contributed by atoms with Gasteiger partial charge in [-0.1, -0.05) is 18.2 Å². The number of aromatic nitrogens is 1. The number of para-hydroxylation sites is 1. The van der Waals surface area contributed by atoms with Crippen molar-refractivity contribution in [3.05, 3.63) is 42.1 Å². The molecular weight excluding hydrogens is 311 g/mol. The normalized spacial score (nSPS) is 20.1. The molecule has 0 radical (unpaired) electrons. The highest BCUT2D eigenvalue weighted by Gasteiger charge is 2.33. The van der Waals surface area contributed by atoms with Crippen molar-refractivity contribution in [3.63, 3.8) is 0 Å². The molecule has 2 atom stereocenters. The van der Waals surface area contributed by atoms with Crippen LogP contribution in [0.5, 0.6) is 0 Å². The number of halogens is 1. The Labute approximate surface area is 138 Å². The van der Waals surface area contributed by atoms with Crippen molar-refractivity contribution >= 4 is 28.9 Å². The maximum absolute atomic E-state index is 13.4. The van der Waals surface area contributed by atoms with Gasteiger partial charge in [0.2, 0.25) is 5.91 Å². The minimum absolute atomic E-state index is 0.0348. The second kappa shape index (κ2) is 6.74. The number of amides is 2. The molecule has 1 aromatic carbocycles. The van der Waals surface area contributed by atoms with Crippen LogP contribution in [0.4, 0.5) is 4.39 Å². The van der Waals surface area contributed by atoms with Crippen molar-refractivity contribution in [1.29, 1.82) is 5.41 Å². The fourth-order valence-corrected chi connectivity index (χ4v) is 2.90. The standard InChI is InChI=1S/C17H17FN4O2/c18-11-7-12(8-19)22(10-11)16(23)9-21-17(24)14-5-6-20-15-4-2-1-3-13(14)15/h1-6,8,11-12,19H,7,9-10H2,(H,21,24)/t11?,12-/m0/s1. The number of benzene rings is 1. The molecule has 1 aliphatic rings. The van der Waals surface area contributed by atoms with Gasteiger partial charge in [0.1, 0.15) is 6.17 Å². The van der Waals surface area contributed by atoms with Crippen LogP contribution in [0, 0.1) is 5.41 Å². The van der Waals surface area contributed by atoms with Crippen LogP contribution in [0.3, 0.4) is 0 Å². The zero-order chi connectivity index (χ0) is 17.1. The van der Waals surface area contributed by atoms with Crippen molar-refractivity contribution in [2.75, 3.05) is 13.1 Å². The van der Waals surface area contributed by atoms with E-state index >= 15 is 0 Å². The predicted octanol–water partition coefficient (Wildman–Crippen LogP) is 1.55. The number of nitrogens with zero attached hydrogens (tertiary/aromatic N) is 2. The summed E-state index contributed by atoms with van der Waals surface area (Å²) in [7, 11) is 0. The summed E-state index contributed by atoms with van der Waals surface area (Å²) in [5.74, 6) is -0.778. The average molecular weight is 328 g/mol. The minimum atomic E-state index is -1.12. The Morgan fingerprint density at radius 3 is 2.96 bits per heavy atom. The van der Waals surface area contributed by atoms with Crippen molar-refractivity contribution < 1.29 is 14.0 Å². The minimum Gasteiger partial charge on any atom is -0.343 e. The topological polar surface area (TPSA) is 86.2 Å². The van der Waals surface area contributed by atoms with Gasteiger partial charge < -0.3 is 15.6 Å². The van der Waals surface area contributed by atoms with Gasteiger partial charge in [0, 0.05) is 24.2 Å². The van der Waals surface area contributed by atoms with Crippen LogP contribution in [0.2, 0.25) is 0 Å². The van der Waals surface area contributed by atoms with Crippen LogP contribution >= 0.6 is 0 Å². The second-order valence-electron chi connectivity index (χ2n) is 5.67. The first-order valence-corrected chi connectivity index (χ1v) is 7.66. The van der Waals surface area contributed by atoms with Gasteiger partial charge in [-0.05, 0) is 12.1 Å². The fourth-order valence-electron chi connectivity index (χ4n) is 2.90. The van der Waals surface area contributed by atoms with E-state index in [4.69, 9.17) is 5.41 Å². The number of hydrogen-bond donors (Lipinski definition) is 2. The summed E-state index contributed by atoms with van der Waals surface area (Å²) in [5, 5.41) is 10.5. The summed E-state index contributed by atoms with van der Waals surface area (Å²) in [6.45, 7) is -0.264. The number of carbonyl (C=O) groups excluding carboxylic acids is 2. The van der Waals surface area contributed by atoms with E-state index in [9.17, 15) is 14.0 Å². The van der Waals surface area contributed by atoms with E-state index in [1.54, 1.807) is 18.2 Å². The number of rotatable bonds is 4. The van der Waals surface area contributed by atoms with Crippen molar-refractivity contribution in [2.24, 2.45) is 0 Å². The molecule has 1 unspecified atom stereocenters. The lowest BCUT2D eigenvalue weighted by atomic mass is 10.1. The molecule has 2 amide bonds. The van der Waals surface area contributed by atoms with Crippen LogP contribution < -0.4 is 5.32 Å². The van der Waals surface area contributed by atoms with Crippen molar-refractivity contribution in [3.8, 4) is 0 Å². The largest absolute Gasteiger partial charge is 0.343 e. The summed E-state index contributed by atoms with van der Waals surface area (Å²) < 4.78 is 13.4. The van der Waals surface area contributed by atoms with Gasteiger partial charge in [-0.15, -0.1) is 0 Å². The Kier molecular flexibility index (Phi) is 4.50. The quantitative estimate of drug-likeness (QED) is 0.835. The van der Waals surface area contributed by atoms with E-state index in [1.165, 1.54) is 11.1 Å². The number of hydrogen-bond acceptors (Lipinski definition) is 4. The number of nitrogens with one attached hydrogen (secondary N) is 2. The lowest BCUT2D eigenvalue weighted by Gasteiger charge is -2.21. The zero-order valence-corrected chi connectivity index (χ0v) is 12.9. The number of fused-ring (bicyclic) bond motifs is 1. The van der Waals surface area contributed by atoms with Crippen molar-refractivity contribution in [2.45, 2.75) is 18.6 Å². The van der Waals surface area contributed by atoms with Gasteiger partial charge in [0.05, 0.1) is 30.2 Å². The molecule has 0 saturated carbocycles. The van der Waals surface area contributed by atoms with Crippen LogP contribution in [0.1, 0.15) is 16.8 Å². The lowest BCUT2D eigenvalue weighted by Crippen LogP contribution is -2.43. The third kappa shape index (κ3) is 3.10. The Morgan fingerprint density at radius 2 is 2.17 bits per heavy atom. The van der Waals surface area contributed by atoms with Gasteiger partial charge in [-0.25, -0.2) is 4.39 Å². The molecule has 3 rings (SSSR count). The van der Waals surface area contributed by atoms with E-state index in [2.05, 4.69) is 10.3 Å². The SMILES string of the molecule is N=C[C@@H]1CC(F)CN1C(=O)CNC(=O)c1ccnc2ccccc12. The molecule has 0 aliphatic carbocycles. The summed E-state index contributed by atoms with van der Waals surface area (Å²) >= 11 is 0. The summed E-state index contributed by atoms with van der Waals surface area (Å²) in [6, 6.07) is 8.29. The molecule has 2 N–H and O–H groups in total. The van der Waals surface area contributed by atoms with E-state index < -0.39 is 18.1 Å². The molecular formula is C17H17FN4O2. The average Bonchev–Trinajstić information content (AvgIpc) is 3.00. The Bertz CT molecular complexity index is 790. The maximum atomic E-state index is 13.4. The van der Waals surface area contributed by atoms with Crippen LogP contribution in [-0.2, 0) is 4.79 Å². The fraction of sp³-hybridized carbons (Fsp3) is 0.294. The lowest BCUT2D eigenvalue weighted by molar-refractivity contribution is -0.130. The molecule has 1 aromatic heterocycles. The first-order chi connectivity index (χ1) is 11.6. The number of pyridine rings is 1. The first-order valence-electron chi connectivity index (χ1n) is 7.66. The highest BCUT2D eigenvalue weighted by Crippen LogP contribution is 2.19. The highest BCUT2D eigenvalue weighted by molar-refractivity contribution is 6.06. The van der Waals surface area contributed by atoms with Gasteiger partial charge in [-0.2, -0.15) is 0 Å². The Balaban J connectivity index is 1.69. The summed E-state index contributed by atoms with van der Waals surface area (Å²) in [4.78, 5) is 30.0. The summed E-state index contributed by atoms with van der Waals surface area (Å²) in [6.07, 6.45) is 1.62. The molecule has 2 aromatic rings. The molecule has 1 saturated heterocycles. The van der Waals surface area contributed by atoms with E-state index in [0.29, 0.717) is 16.5 Å². The molecule has 124 valence electrons. The smallest absolute Gasteiger partial charge is 0.252 e. The number of alkyl halides is 1. The van der Waals surface area contributed by atoms with Gasteiger partial charge in [0.25, 0.3) is 5.91 Å². The predicted molar refractivity (Wildman–Crippen MR) is 87.9 cm³/mol. The van der Waals surface area contributed by atoms with E-state index in [0.717, 1.165) is 6.21 Å². The molecule has 2 heterocycles. The van der Waals surface area contributed by atoms with Crippen LogP contribution in [0.15, 0.2) is 36.5 Å². The van der Waals surface area contributed by atoms with Gasteiger partial charge >= 0.3 is 0 Å². The number of likely N-dealkylation sites (tertiary alicyclic amines) is 1. The molecule has 1 fully saturated rings. The second-order valence-corrected chi connectivity index (χ2v) is 5.67.